The van der Waals surface area contributed by atoms with Crippen molar-refractivity contribution in [3.63, 3.8) is 0 Å². The zero-order chi connectivity index (χ0) is 19.4. The van der Waals surface area contributed by atoms with Gasteiger partial charge in [0.15, 0.2) is 11.5 Å². The van der Waals surface area contributed by atoms with Crippen molar-refractivity contribution in [1.82, 2.24) is 24.7 Å². The Labute approximate surface area is 161 Å². The topological polar surface area (TPSA) is 74.4 Å². The molecule has 1 heterocycles. The van der Waals surface area contributed by atoms with Gasteiger partial charge in [0, 0.05) is 6.54 Å². The molecule has 0 aliphatic rings. The van der Waals surface area contributed by atoms with Crippen molar-refractivity contribution in [3.05, 3.63) is 63.5 Å². The Morgan fingerprint density at radius 2 is 1.81 bits per heavy atom. The number of benzene rings is 2. The average molecular weight is 390 g/mol. The maximum absolute atomic E-state index is 12.6. The second-order valence-electron chi connectivity index (χ2n) is 5.97. The Morgan fingerprint density at radius 1 is 1.07 bits per heavy atom. The van der Waals surface area contributed by atoms with Crippen LogP contribution < -0.4 is 15.2 Å². The molecular formula is C18H20ClN5O3. The summed E-state index contributed by atoms with van der Waals surface area (Å²) in [4.78, 5) is 14.5. The van der Waals surface area contributed by atoms with Gasteiger partial charge in [-0.15, -0.1) is 0 Å². The van der Waals surface area contributed by atoms with Gasteiger partial charge in [-0.3, -0.25) is 4.90 Å². The van der Waals surface area contributed by atoms with Gasteiger partial charge < -0.3 is 9.47 Å². The number of methoxy groups -OCH3 is 2. The van der Waals surface area contributed by atoms with Crippen LogP contribution in [0, 0.1) is 0 Å². The molecule has 0 radical (unpaired) electrons. The van der Waals surface area contributed by atoms with Crippen molar-refractivity contribution in [3.8, 4) is 17.2 Å². The third-order valence-electron chi connectivity index (χ3n) is 4.00. The van der Waals surface area contributed by atoms with Crippen LogP contribution in [-0.2, 0) is 13.2 Å². The highest BCUT2D eigenvalue weighted by molar-refractivity contribution is 6.32. The Morgan fingerprint density at radius 3 is 2.52 bits per heavy atom. The van der Waals surface area contributed by atoms with Gasteiger partial charge in [0.1, 0.15) is 6.67 Å². The van der Waals surface area contributed by atoms with Crippen molar-refractivity contribution < 1.29 is 9.47 Å². The molecule has 9 heteroatoms. The predicted molar refractivity (Wildman–Crippen MR) is 102 cm³/mol. The van der Waals surface area contributed by atoms with Gasteiger partial charge in [-0.25, -0.2) is 4.79 Å². The molecule has 0 unspecified atom stereocenters. The van der Waals surface area contributed by atoms with E-state index in [1.807, 2.05) is 30.1 Å². The summed E-state index contributed by atoms with van der Waals surface area (Å²) in [5.74, 6) is 1.33. The largest absolute Gasteiger partial charge is 0.493 e. The Balaban J connectivity index is 1.75. The minimum absolute atomic E-state index is 0.275. The van der Waals surface area contributed by atoms with Gasteiger partial charge in [0.25, 0.3) is 0 Å². The lowest BCUT2D eigenvalue weighted by Crippen LogP contribution is -2.31. The third-order valence-corrected chi connectivity index (χ3v) is 4.32. The Bertz CT molecular complexity index is 985. The van der Waals surface area contributed by atoms with E-state index in [-0.39, 0.29) is 12.4 Å². The van der Waals surface area contributed by atoms with Crippen LogP contribution in [0.3, 0.4) is 0 Å². The normalized spacial score (nSPS) is 11.0. The van der Waals surface area contributed by atoms with E-state index in [4.69, 9.17) is 21.1 Å². The summed E-state index contributed by atoms with van der Waals surface area (Å²) in [5, 5.41) is 8.31. The Kier molecular flexibility index (Phi) is 5.78. The number of aromatic nitrogens is 4. The molecule has 0 aliphatic heterocycles. The molecule has 0 bridgehead atoms. The fourth-order valence-electron chi connectivity index (χ4n) is 2.71. The maximum Gasteiger partial charge on any atom is 0.369 e. The van der Waals surface area contributed by atoms with Crippen LogP contribution in [0.4, 0.5) is 0 Å². The second-order valence-corrected chi connectivity index (χ2v) is 6.38. The molecule has 3 rings (SSSR count). The minimum atomic E-state index is -0.359. The average Bonchev–Trinajstić information content (AvgIpc) is 3.02. The first-order valence-corrected chi connectivity index (χ1v) is 8.58. The van der Waals surface area contributed by atoms with E-state index >= 15 is 0 Å². The van der Waals surface area contributed by atoms with E-state index in [1.54, 1.807) is 38.5 Å². The lowest BCUT2D eigenvalue weighted by molar-refractivity contribution is 0.239. The van der Waals surface area contributed by atoms with E-state index in [2.05, 4.69) is 10.4 Å². The van der Waals surface area contributed by atoms with Gasteiger partial charge >= 0.3 is 5.69 Å². The molecule has 3 aromatic rings. The molecule has 0 saturated heterocycles. The van der Waals surface area contributed by atoms with Gasteiger partial charge in [0.05, 0.1) is 24.9 Å². The summed E-state index contributed by atoms with van der Waals surface area (Å²) in [6, 6.07) is 12.7. The zero-order valence-electron chi connectivity index (χ0n) is 15.3. The zero-order valence-corrected chi connectivity index (χ0v) is 16.1. The fraction of sp³-hybridized carbons (Fsp3) is 0.278. The summed E-state index contributed by atoms with van der Waals surface area (Å²) in [5.41, 5.74) is 1.15. The number of ether oxygens (including phenoxy) is 2. The summed E-state index contributed by atoms with van der Waals surface area (Å²) in [6.45, 7) is 0.864. The summed E-state index contributed by atoms with van der Waals surface area (Å²) in [6.07, 6.45) is 0. The fourth-order valence-corrected chi connectivity index (χ4v) is 2.92. The first kappa shape index (κ1) is 18.9. The highest BCUT2D eigenvalue weighted by Gasteiger charge is 2.13. The summed E-state index contributed by atoms with van der Waals surface area (Å²) < 4.78 is 13.0. The van der Waals surface area contributed by atoms with Gasteiger partial charge in [-0.2, -0.15) is 9.36 Å². The van der Waals surface area contributed by atoms with Crippen molar-refractivity contribution in [1.29, 1.82) is 0 Å². The molecular weight excluding hydrogens is 370 g/mol. The van der Waals surface area contributed by atoms with Crippen LogP contribution in [0.5, 0.6) is 11.5 Å². The van der Waals surface area contributed by atoms with Crippen molar-refractivity contribution >= 4 is 11.6 Å². The van der Waals surface area contributed by atoms with Crippen LogP contribution in [0.1, 0.15) is 5.56 Å². The van der Waals surface area contributed by atoms with Crippen LogP contribution in [0.2, 0.25) is 5.02 Å². The van der Waals surface area contributed by atoms with Gasteiger partial charge in [0.2, 0.25) is 0 Å². The van der Waals surface area contributed by atoms with Gasteiger partial charge in [-0.1, -0.05) is 29.8 Å². The summed E-state index contributed by atoms with van der Waals surface area (Å²) in [7, 11) is 5.08. The van der Waals surface area contributed by atoms with Crippen LogP contribution in [0.25, 0.3) is 5.69 Å². The predicted octanol–water partition coefficient (Wildman–Crippen LogP) is 2.19. The molecule has 0 spiro atoms. The van der Waals surface area contributed by atoms with Crippen molar-refractivity contribution in [2.75, 3.05) is 21.3 Å². The highest BCUT2D eigenvalue weighted by Crippen LogP contribution is 2.27. The number of para-hydroxylation sites is 1. The molecule has 0 fully saturated rings. The smallest absolute Gasteiger partial charge is 0.369 e. The second kappa shape index (κ2) is 8.24. The number of tetrazole rings is 1. The lowest BCUT2D eigenvalue weighted by atomic mass is 10.2. The molecule has 0 saturated carbocycles. The highest BCUT2D eigenvalue weighted by atomic mass is 35.5. The van der Waals surface area contributed by atoms with Gasteiger partial charge in [-0.05, 0) is 47.3 Å². The van der Waals surface area contributed by atoms with E-state index < -0.39 is 0 Å². The molecule has 27 heavy (non-hydrogen) atoms. The minimum Gasteiger partial charge on any atom is -0.493 e. The van der Waals surface area contributed by atoms with E-state index in [0.717, 1.165) is 5.56 Å². The standard InChI is InChI=1S/C18H20ClN5O3/c1-22(11-13-8-9-16(26-2)17(10-13)27-3)12-23-18(25)24(21-20-23)15-7-5-4-6-14(15)19/h4-10H,11-12H2,1-3H3. The van der Waals surface area contributed by atoms with Crippen molar-refractivity contribution in [2.24, 2.45) is 0 Å². The first-order chi connectivity index (χ1) is 13.0. The number of halogens is 1. The maximum atomic E-state index is 12.6. The van der Waals surface area contributed by atoms with Crippen LogP contribution >= 0.6 is 11.6 Å². The quantitative estimate of drug-likeness (QED) is 0.616. The number of nitrogens with zero attached hydrogens (tertiary/aromatic N) is 5. The summed E-state index contributed by atoms with van der Waals surface area (Å²) >= 11 is 6.14. The third kappa shape index (κ3) is 4.12. The molecule has 1 aromatic heterocycles. The number of rotatable bonds is 7. The molecule has 8 nitrogen and oxygen atoms in total. The van der Waals surface area contributed by atoms with Crippen LogP contribution in [0.15, 0.2) is 47.3 Å². The number of hydrogen-bond acceptors (Lipinski definition) is 6. The molecule has 142 valence electrons. The SMILES string of the molecule is COc1ccc(CN(C)Cn2nnn(-c3ccccc3Cl)c2=O)cc1OC. The van der Waals surface area contributed by atoms with E-state index in [9.17, 15) is 4.79 Å². The molecule has 0 amide bonds. The lowest BCUT2D eigenvalue weighted by Gasteiger charge is -2.16. The van der Waals surface area contributed by atoms with E-state index in [1.165, 1.54) is 9.36 Å². The Hall–Kier alpha value is -2.84. The van der Waals surface area contributed by atoms with E-state index in [0.29, 0.717) is 28.8 Å². The van der Waals surface area contributed by atoms with Crippen LogP contribution in [-0.4, -0.2) is 46.0 Å². The molecule has 0 N–H and O–H groups in total. The molecule has 0 aliphatic carbocycles. The van der Waals surface area contributed by atoms with Crippen molar-refractivity contribution in [2.45, 2.75) is 13.2 Å². The molecule has 0 atom stereocenters. The monoisotopic (exact) mass is 389 g/mol. The first-order valence-electron chi connectivity index (χ1n) is 8.20. The number of hydrogen-bond donors (Lipinski definition) is 0. The molecule has 2 aromatic carbocycles.